The van der Waals surface area contributed by atoms with Crippen molar-refractivity contribution in [2.24, 2.45) is 23.2 Å². The van der Waals surface area contributed by atoms with Gasteiger partial charge in [-0.1, -0.05) is 13.3 Å². The van der Waals surface area contributed by atoms with E-state index in [2.05, 4.69) is 17.6 Å². The molecule has 2 amide bonds. The first kappa shape index (κ1) is 16.6. The second-order valence-electron chi connectivity index (χ2n) is 7.87. The zero-order chi connectivity index (χ0) is 16.3. The highest BCUT2D eigenvalue weighted by atomic mass is 16.5. The number of hydrogen-bond donors (Lipinski definition) is 2. The Kier molecular flexibility index (Phi) is 5.12. The number of carbonyl (C=O) groups excluding carboxylic acids is 2. The monoisotopic (exact) mass is 322 g/mol. The summed E-state index contributed by atoms with van der Waals surface area (Å²) in [6.07, 6.45) is 8.78. The first-order valence-corrected chi connectivity index (χ1v) is 9.30. The molecule has 4 saturated carbocycles. The first-order valence-electron chi connectivity index (χ1n) is 9.30. The number of rotatable bonds is 7. The van der Waals surface area contributed by atoms with Gasteiger partial charge in [0.1, 0.15) is 0 Å². The highest BCUT2D eigenvalue weighted by Crippen LogP contribution is 2.60. The second-order valence-corrected chi connectivity index (χ2v) is 7.87. The number of alkyl carbamates (subject to hydrolysis) is 1. The van der Waals surface area contributed by atoms with E-state index in [9.17, 15) is 9.59 Å². The average molecular weight is 322 g/mol. The van der Waals surface area contributed by atoms with Crippen molar-refractivity contribution in [3.8, 4) is 0 Å². The molecule has 4 bridgehead atoms. The van der Waals surface area contributed by atoms with E-state index in [1.807, 2.05) is 0 Å². The summed E-state index contributed by atoms with van der Waals surface area (Å²) in [5, 5.41) is 5.75. The van der Waals surface area contributed by atoms with Gasteiger partial charge in [-0.2, -0.15) is 0 Å². The van der Waals surface area contributed by atoms with Gasteiger partial charge in [0.25, 0.3) is 0 Å². The number of carbonyl (C=O) groups is 2. The fourth-order valence-electron chi connectivity index (χ4n) is 5.28. The third-order valence-corrected chi connectivity index (χ3v) is 5.93. The van der Waals surface area contributed by atoms with Crippen molar-refractivity contribution in [1.82, 2.24) is 10.6 Å². The smallest absolute Gasteiger partial charge is 0.407 e. The third kappa shape index (κ3) is 3.81. The maximum absolute atomic E-state index is 12.7. The Balaban J connectivity index is 1.38. The van der Waals surface area contributed by atoms with Gasteiger partial charge in [-0.15, -0.1) is 0 Å². The quantitative estimate of drug-likeness (QED) is 0.708. The van der Waals surface area contributed by atoms with Crippen LogP contribution in [0.2, 0.25) is 0 Å². The van der Waals surface area contributed by atoms with Crippen LogP contribution in [0.3, 0.4) is 0 Å². The normalized spacial score (nSPS) is 34.2. The van der Waals surface area contributed by atoms with Crippen molar-refractivity contribution in [1.29, 1.82) is 0 Å². The molecule has 0 aromatic rings. The molecule has 4 rings (SSSR count). The Morgan fingerprint density at radius 1 is 1.00 bits per heavy atom. The summed E-state index contributed by atoms with van der Waals surface area (Å²) < 4.78 is 5.03. The molecule has 5 heteroatoms. The largest absolute Gasteiger partial charge is 0.450 e. The zero-order valence-corrected chi connectivity index (χ0v) is 14.2. The van der Waals surface area contributed by atoms with Crippen LogP contribution >= 0.6 is 0 Å². The Morgan fingerprint density at radius 3 is 2.13 bits per heavy atom. The topological polar surface area (TPSA) is 67.4 Å². The fraction of sp³-hybridized carbons (Fsp3) is 0.889. The van der Waals surface area contributed by atoms with Crippen LogP contribution in [0.15, 0.2) is 0 Å². The number of amides is 2. The molecule has 0 atom stereocenters. The average Bonchev–Trinajstić information content (AvgIpc) is 2.50. The van der Waals surface area contributed by atoms with E-state index < -0.39 is 0 Å². The Labute approximate surface area is 138 Å². The van der Waals surface area contributed by atoms with Crippen molar-refractivity contribution in [2.75, 3.05) is 19.7 Å². The molecule has 5 nitrogen and oxygen atoms in total. The number of unbranched alkanes of at least 4 members (excludes halogenated alkanes) is 1. The lowest BCUT2D eigenvalue weighted by molar-refractivity contribution is -0.146. The van der Waals surface area contributed by atoms with Gasteiger partial charge in [0.05, 0.1) is 6.61 Å². The first-order chi connectivity index (χ1) is 11.1. The number of nitrogens with one attached hydrogen (secondary N) is 2. The predicted octanol–water partition coefficient (Wildman–Crippen LogP) is 2.85. The molecule has 2 N–H and O–H groups in total. The van der Waals surface area contributed by atoms with Gasteiger partial charge in [-0.25, -0.2) is 4.79 Å². The molecule has 4 aliphatic rings. The van der Waals surface area contributed by atoms with Gasteiger partial charge in [0.15, 0.2) is 0 Å². The molecular formula is C18H30N2O3. The van der Waals surface area contributed by atoms with E-state index in [0.29, 0.717) is 19.7 Å². The molecule has 4 aliphatic carbocycles. The minimum atomic E-state index is -0.387. The number of hydrogen-bond acceptors (Lipinski definition) is 3. The van der Waals surface area contributed by atoms with E-state index >= 15 is 0 Å². The predicted molar refractivity (Wildman–Crippen MR) is 87.9 cm³/mol. The summed E-state index contributed by atoms with van der Waals surface area (Å²) in [7, 11) is 0. The molecule has 23 heavy (non-hydrogen) atoms. The number of ether oxygens (including phenoxy) is 1. The molecule has 0 spiro atoms. The van der Waals surface area contributed by atoms with Crippen LogP contribution in [0.1, 0.15) is 58.3 Å². The summed E-state index contributed by atoms with van der Waals surface area (Å²) in [6.45, 7) is 3.44. The molecule has 130 valence electrons. The maximum atomic E-state index is 12.7. The molecule has 0 aliphatic heterocycles. The zero-order valence-electron chi connectivity index (χ0n) is 14.2. The molecule has 4 fully saturated rings. The van der Waals surface area contributed by atoms with Gasteiger partial charge < -0.3 is 15.4 Å². The summed E-state index contributed by atoms with van der Waals surface area (Å²) in [4.78, 5) is 24.1. The summed E-state index contributed by atoms with van der Waals surface area (Å²) in [5.74, 6) is 2.55. The van der Waals surface area contributed by atoms with E-state index in [1.165, 1.54) is 19.3 Å². The van der Waals surface area contributed by atoms with Gasteiger partial charge in [0, 0.05) is 18.5 Å². The van der Waals surface area contributed by atoms with E-state index in [1.54, 1.807) is 0 Å². The molecule has 0 radical (unpaired) electrons. The van der Waals surface area contributed by atoms with Gasteiger partial charge in [0.2, 0.25) is 5.91 Å². The van der Waals surface area contributed by atoms with Crippen molar-refractivity contribution in [3.63, 3.8) is 0 Å². The minimum absolute atomic E-state index is 0.101. The lowest BCUT2D eigenvalue weighted by Crippen LogP contribution is -2.54. The van der Waals surface area contributed by atoms with Gasteiger partial charge in [-0.05, 0) is 62.7 Å². The van der Waals surface area contributed by atoms with Crippen LogP contribution < -0.4 is 10.6 Å². The minimum Gasteiger partial charge on any atom is -0.450 e. The molecular weight excluding hydrogens is 292 g/mol. The summed E-state index contributed by atoms with van der Waals surface area (Å²) >= 11 is 0. The van der Waals surface area contributed by atoms with Crippen LogP contribution in [-0.2, 0) is 9.53 Å². The summed E-state index contributed by atoms with van der Waals surface area (Å²) in [5.41, 5.74) is -0.101. The Hall–Kier alpha value is -1.26. The van der Waals surface area contributed by atoms with Crippen LogP contribution in [0.5, 0.6) is 0 Å². The summed E-state index contributed by atoms with van der Waals surface area (Å²) in [6, 6.07) is 0. The highest BCUT2D eigenvalue weighted by Gasteiger charge is 2.54. The molecule has 0 heterocycles. The van der Waals surface area contributed by atoms with E-state index in [4.69, 9.17) is 4.74 Å². The fourth-order valence-corrected chi connectivity index (χ4v) is 5.28. The van der Waals surface area contributed by atoms with Crippen molar-refractivity contribution in [2.45, 2.75) is 58.3 Å². The van der Waals surface area contributed by atoms with Crippen LogP contribution in [0.4, 0.5) is 4.79 Å². The molecule has 0 unspecified atom stereocenters. The lowest BCUT2D eigenvalue weighted by atomic mass is 9.49. The maximum Gasteiger partial charge on any atom is 0.407 e. The molecule has 0 saturated heterocycles. The highest BCUT2D eigenvalue weighted by molar-refractivity contribution is 5.83. The van der Waals surface area contributed by atoms with E-state index in [-0.39, 0.29) is 17.4 Å². The molecule has 0 aromatic carbocycles. The van der Waals surface area contributed by atoms with Gasteiger partial charge >= 0.3 is 6.09 Å². The van der Waals surface area contributed by atoms with Crippen LogP contribution in [0, 0.1) is 23.2 Å². The molecule has 0 aromatic heterocycles. The SMILES string of the molecule is CCCCOC(=O)NCCNC(=O)C12CC3CC(CC(C3)C1)C2. The lowest BCUT2D eigenvalue weighted by Gasteiger charge is -2.55. The van der Waals surface area contributed by atoms with Crippen LogP contribution in [-0.4, -0.2) is 31.7 Å². The van der Waals surface area contributed by atoms with Crippen molar-refractivity contribution in [3.05, 3.63) is 0 Å². The Morgan fingerprint density at radius 2 is 1.57 bits per heavy atom. The van der Waals surface area contributed by atoms with Gasteiger partial charge in [-0.3, -0.25) is 4.79 Å². The second kappa shape index (κ2) is 7.10. The third-order valence-electron chi connectivity index (χ3n) is 5.93. The van der Waals surface area contributed by atoms with Crippen LogP contribution in [0.25, 0.3) is 0 Å². The van der Waals surface area contributed by atoms with Crippen molar-refractivity contribution < 1.29 is 14.3 Å². The Bertz CT molecular complexity index is 414. The standard InChI is InChI=1S/C18H30N2O3/c1-2-3-6-23-17(22)20-5-4-19-16(21)18-10-13-7-14(11-18)9-15(8-13)12-18/h13-15H,2-12H2,1H3,(H,19,21)(H,20,22). The van der Waals surface area contributed by atoms with E-state index in [0.717, 1.165) is 49.9 Å². The van der Waals surface area contributed by atoms with Crippen molar-refractivity contribution >= 4 is 12.0 Å².